The lowest BCUT2D eigenvalue weighted by Crippen LogP contribution is -2.37. The maximum Gasteiger partial charge on any atom is 0.224 e. The van der Waals surface area contributed by atoms with Gasteiger partial charge in [-0.1, -0.05) is 65.3 Å². The molecule has 3 nitrogen and oxygen atoms in total. The van der Waals surface area contributed by atoms with Crippen LogP contribution in [0.25, 0.3) is 0 Å². The first kappa shape index (κ1) is 19.7. The quantitative estimate of drug-likeness (QED) is 0.775. The van der Waals surface area contributed by atoms with E-state index < -0.39 is 0 Å². The van der Waals surface area contributed by atoms with Crippen molar-refractivity contribution in [3.05, 3.63) is 70.2 Å². The molecule has 0 aromatic heterocycles. The summed E-state index contributed by atoms with van der Waals surface area (Å²) in [4.78, 5) is 12.4. The van der Waals surface area contributed by atoms with E-state index in [-0.39, 0.29) is 30.3 Å². The van der Waals surface area contributed by atoms with Crippen LogP contribution in [0, 0.1) is 5.92 Å². The van der Waals surface area contributed by atoms with Gasteiger partial charge < -0.3 is 10.6 Å². The molecule has 23 heavy (non-hydrogen) atoms. The van der Waals surface area contributed by atoms with Crippen molar-refractivity contribution >= 4 is 34.2 Å². The summed E-state index contributed by atoms with van der Waals surface area (Å²) in [6.07, 6.45) is 0. The number of carbonyl (C=O) groups is 1. The van der Waals surface area contributed by atoms with Crippen molar-refractivity contribution in [3.63, 3.8) is 0 Å². The Morgan fingerprint density at radius 2 is 1.61 bits per heavy atom. The van der Waals surface area contributed by atoms with Crippen LogP contribution >= 0.6 is 28.3 Å². The Balaban J connectivity index is 0.00000264. The van der Waals surface area contributed by atoms with Gasteiger partial charge in [-0.05, 0) is 30.3 Å². The summed E-state index contributed by atoms with van der Waals surface area (Å²) in [5.74, 6) is -0.0298. The zero-order valence-corrected chi connectivity index (χ0v) is 15.7. The SMILES string of the molecule is CNCC(C)C(=O)NC(c1ccccc1)c1ccc(Br)cc1.Cl. The van der Waals surface area contributed by atoms with Crippen molar-refractivity contribution in [1.82, 2.24) is 10.6 Å². The summed E-state index contributed by atoms with van der Waals surface area (Å²) in [5, 5.41) is 6.20. The Morgan fingerprint density at radius 1 is 1.04 bits per heavy atom. The second-order valence-electron chi connectivity index (χ2n) is 5.36. The van der Waals surface area contributed by atoms with Crippen molar-refractivity contribution in [1.29, 1.82) is 0 Å². The number of nitrogens with one attached hydrogen (secondary N) is 2. The van der Waals surface area contributed by atoms with Gasteiger partial charge in [0.25, 0.3) is 0 Å². The zero-order valence-electron chi connectivity index (χ0n) is 13.3. The minimum absolute atomic E-state index is 0. The summed E-state index contributed by atoms with van der Waals surface area (Å²) >= 11 is 3.45. The molecule has 1 amide bonds. The monoisotopic (exact) mass is 396 g/mol. The van der Waals surface area contributed by atoms with E-state index in [4.69, 9.17) is 0 Å². The Morgan fingerprint density at radius 3 is 2.17 bits per heavy atom. The van der Waals surface area contributed by atoms with Crippen LogP contribution in [0.5, 0.6) is 0 Å². The van der Waals surface area contributed by atoms with E-state index in [0.717, 1.165) is 15.6 Å². The number of hydrogen-bond donors (Lipinski definition) is 2. The Bertz CT molecular complexity index is 604. The maximum atomic E-state index is 12.4. The molecule has 124 valence electrons. The van der Waals surface area contributed by atoms with Gasteiger partial charge in [-0.15, -0.1) is 12.4 Å². The fourth-order valence-corrected chi connectivity index (χ4v) is 2.61. The first-order chi connectivity index (χ1) is 10.6. The molecule has 2 aromatic rings. The third-order valence-electron chi connectivity index (χ3n) is 3.58. The molecule has 0 heterocycles. The molecule has 2 rings (SSSR count). The largest absolute Gasteiger partial charge is 0.345 e. The number of hydrogen-bond acceptors (Lipinski definition) is 2. The van der Waals surface area contributed by atoms with Crippen LogP contribution in [0.2, 0.25) is 0 Å². The lowest BCUT2D eigenvalue weighted by atomic mass is 9.98. The molecule has 0 radical (unpaired) electrons. The van der Waals surface area contributed by atoms with E-state index in [9.17, 15) is 4.79 Å². The minimum atomic E-state index is -0.138. The van der Waals surface area contributed by atoms with E-state index in [2.05, 4.69) is 26.6 Å². The predicted molar refractivity (Wildman–Crippen MR) is 101 cm³/mol. The predicted octanol–water partition coefficient (Wildman–Crippen LogP) is 3.93. The molecule has 0 bridgehead atoms. The number of benzene rings is 2. The topological polar surface area (TPSA) is 41.1 Å². The Labute approximate surface area is 152 Å². The number of rotatable bonds is 6. The average molecular weight is 398 g/mol. The molecular formula is C18H22BrClN2O. The Kier molecular flexibility index (Phi) is 8.31. The van der Waals surface area contributed by atoms with Gasteiger partial charge in [0.1, 0.15) is 0 Å². The van der Waals surface area contributed by atoms with E-state index in [0.29, 0.717) is 6.54 Å². The highest BCUT2D eigenvalue weighted by Gasteiger charge is 2.20. The van der Waals surface area contributed by atoms with Gasteiger partial charge in [0.15, 0.2) is 0 Å². The summed E-state index contributed by atoms with van der Waals surface area (Å²) in [6, 6.07) is 18.0. The Hall–Kier alpha value is -1.36. The minimum Gasteiger partial charge on any atom is -0.345 e. The van der Waals surface area contributed by atoms with Gasteiger partial charge in [0.2, 0.25) is 5.91 Å². The lowest BCUT2D eigenvalue weighted by Gasteiger charge is -2.22. The van der Waals surface area contributed by atoms with Gasteiger partial charge in [0.05, 0.1) is 6.04 Å². The molecule has 5 heteroatoms. The fourth-order valence-electron chi connectivity index (χ4n) is 2.34. The molecule has 0 spiro atoms. The van der Waals surface area contributed by atoms with Gasteiger partial charge in [0, 0.05) is 16.9 Å². The molecular weight excluding hydrogens is 376 g/mol. The molecule has 2 N–H and O–H groups in total. The first-order valence-electron chi connectivity index (χ1n) is 7.37. The average Bonchev–Trinajstić information content (AvgIpc) is 2.54. The van der Waals surface area contributed by atoms with Crippen LogP contribution in [0.3, 0.4) is 0 Å². The highest BCUT2D eigenvalue weighted by Crippen LogP contribution is 2.24. The van der Waals surface area contributed by atoms with Gasteiger partial charge in [-0.3, -0.25) is 4.79 Å². The van der Waals surface area contributed by atoms with E-state index in [1.54, 1.807) is 0 Å². The number of carbonyl (C=O) groups excluding carboxylic acids is 1. The third kappa shape index (κ3) is 5.65. The van der Waals surface area contributed by atoms with Crippen LogP contribution in [0.4, 0.5) is 0 Å². The normalized spacial score (nSPS) is 12.8. The molecule has 2 atom stereocenters. The first-order valence-corrected chi connectivity index (χ1v) is 8.16. The summed E-state index contributed by atoms with van der Waals surface area (Å²) in [5.41, 5.74) is 2.15. The lowest BCUT2D eigenvalue weighted by molar-refractivity contribution is -0.124. The van der Waals surface area contributed by atoms with Crippen molar-refractivity contribution in [2.75, 3.05) is 13.6 Å². The molecule has 0 saturated carbocycles. The molecule has 0 aliphatic heterocycles. The van der Waals surface area contributed by atoms with E-state index in [1.807, 2.05) is 68.6 Å². The van der Waals surface area contributed by atoms with E-state index >= 15 is 0 Å². The molecule has 0 fully saturated rings. The molecule has 2 unspecified atom stereocenters. The highest BCUT2D eigenvalue weighted by atomic mass is 79.9. The van der Waals surface area contributed by atoms with E-state index in [1.165, 1.54) is 0 Å². The molecule has 2 aromatic carbocycles. The van der Waals surface area contributed by atoms with Gasteiger partial charge in [-0.25, -0.2) is 0 Å². The van der Waals surface area contributed by atoms with Crippen LogP contribution in [0.1, 0.15) is 24.1 Å². The molecule has 0 aliphatic rings. The van der Waals surface area contributed by atoms with Crippen molar-refractivity contribution in [3.8, 4) is 0 Å². The second-order valence-corrected chi connectivity index (χ2v) is 6.28. The van der Waals surface area contributed by atoms with Gasteiger partial charge >= 0.3 is 0 Å². The summed E-state index contributed by atoms with van der Waals surface area (Å²) < 4.78 is 1.03. The zero-order chi connectivity index (χ0) is 15.9. The second kappa shape index (κ2) is 9.71. The summed E-state index contributed by atoms with van der Waals surface area (Å²) in [6.45, 7) is 2.59. The van der Waals surface area contributed by atoms with Crippen LogP contribution < -0.4 is 10.6 Å². The smallest absolute Gasteiger partial charge is 0.224 e. The number of halogens is 2. The van der Waals surface area contributed by atoms with Crippen molar-refractivity contribution in [2.24, 2.45) is 5.92 Å². The van der Waals surface area contributed by atoms with Gasteiger partial charge in [-0.2, -0.15) is 0 Å². The molecule has 0 saturated heterocycles. The maximum absolute atomic E-state index is 12.4. The molecule has 0 aliphatic carbocycles. The number of amides is 1. The standard InChI is InChI=1S/C18H21BrN2O.ClH/c1-13(12-20-2)18(22)21-17(14-6-4-3-5-7-14)15-8-10-16(19)11-9-15;/h3-11,13,17,20H,12H2,1-2H3,(H,21,22);1H. The summed E-state index contributed by atoms with van der Waals surface area (Å²) in [7, 11) is 1.85. The van der Waals surface area contributed by atoms with Crippen molar-refractivity contribution in [2.45, 2.75) is 13.0 Å². The van der Waals surface area contributed by atoms with Crippen LogP contribution in [-0.2, 0) is 4.79 Å². The van der Waals surface area contributed by atoms with Crippen LogP contribution in [0.15, 0.2) is 59.1 Å². The highest BCUT2D eigenvalue weighted by molar-refractivity contribution is 9.10. The van der Waals surface area contributed by atoms with Crippen LogP contribution in [-0.4, -0.2) is 19.5 Å². The van der Waals surface area contributed by atoms with Crippen molar-refractivity contribution < 1.29 is 4.79 Å². The third-order valence-corrected chi connectivity index (χ3v) is 4.11. The fraction of sp³-hybridized carbons (Fsp3) is 0.278.